The van der Waals surface area contributed by atoms with Gasteiger partial charge in [0.15, 0.2) is 10.9 Å². The lowest BCUT2D eigenvalue weighted by atomic mass is 10.0. The average molecular weight is 656 g/mol. The largest absolute Gasteiger partial charge is 0.309 e. The highest BCUT2D eigenvalue weighted by atomic mass is 16.1. The van der Waals surface area contributed by atoms with Gasteiger partial charge >= 0.3 is 0 Å². The van der Waals surface area contributed by atoms with E-state index in [9.17, 15) is 9.59 Å². The summed E-state index contributed by atoms with van der Waals surface area (Å²) in [5.74, 6) is 0.545. The van der Waals surface area contributed by atoms with E-state index in [0.717, 1.165) is 60.6 Å². The van der Waals surface area contributed by atoms with Crippen molar-refractivity contribution in [1.29, 1.82) is 0 Å². The first kappa shape index (κ1) is 27.8. The van der Waals surface area contributed by atoms with E-state index in [0.29, 0.717) is 32.8 Å². The van der Waals surface area contributed by atoms with Crippen LogP contribution in [0.4, 0.5) is 0 Å². The molecule has 11 aromatic rings. The van der Waals surface area contributed by atoms with Crippen molar-refractivity contribution >= 4 is 82.1 Å². The standard InChI is InChI=1S/C44H25N5O2/c50-42-29-15-7-9-17-36(29)47(27-11-3-1-4-12-27)39-23-31-26(21-32(39)42)19-20-38-34(31)25-45-44-46-35-22-33-40(24-41(35)49(38)44)48(28-13-5-2-6-14-28)37-18-10-8-16-30(37)43(33)51/h1-25H. The van der Waals surface area contributed by atoms with Gasteiger partial charge in [-0.05, 0) is 89.6 Å². The van der Waals surface area contributed by atoms with Gasteiger partial charge in [-0.2, -0.15) is 0 Å². The number of imidazole rings is 1. The molecule has 238 valence electrons. The molecule has 11 rings (SSSR count). The molecule has 0 bridgehead atoms. The Balaban J connectivity index is 1.27. The van der Waals surface area contributed by atoms with E-state index in [1.54, 1.807) is 0 Å². The van der Waals surface area contributed by atoms with Crippen LogP contribution in [0, 0.1) is 0 Å². The Morgan fingerprint density at radius 1 is 0.412 bits per heavy atom. The van der Waals surface area contributed by atoms with Gasteiger partial charge in [0, 0.05) is 44.5 Å². The number of hydrogen-bond donors (Lipinski definition) is 0. The number of para-hydroxylation sites is 4. The highest BCUT2D eigenvalue weighted by Gasteiger charge is 2.19. The van der Waals surface area contributed by atoms with E-state index in [1.807, 2.05) is 103 Å². The van der Waals surface area contributed by atoms with E-state index in [4.69, 9.17) is 9.97 Å². The second-order valence-corrected chi connectivity index (χ2v) is 13.0. The van der Waals surface area contributed by atoms with Crippen molar-refractivity contribution < 1.29 is 0 Å². The number of pyridine rings is 2. The maximum atomic E-state index is 13.9. The maximum Gasteiger partial charge on any atom is 0.235 e. The molecule has 0 aliphatic heterocycles. The quantitative estimate of drug-likeness (QED) is 0.138. The summed E-state index contributed by atoms with van der Waals surface area (Å²) in [6.07, 6.45) is 1.87. The van der Waals surface area contributed by atoms with Gasteiger partial charge in [0.2, 0.25) is 5.78 Å². The minimum atomic E-state index is -0.0283. The second-order valence-electron chi connectivity index (χ2n) is 13.0. The van der Waals surface area contributed by atoms with Gasteiger partial charge in [0.05, 0.1) is 38.6 Å². The summed E-state index contributed by atoms with van der Waals surface area (Å²) in [7, 11) is 0. The molecule has 7 nitrogen and oxygen atoms in total. The molecule has 4 heterocycles. The van der Waals surface area contributed by atoms with Gasteiger partial charge in [-0.1, -0.05) is 66.7 Å². The summed E-state index contributed by atoms with van der Waals surface area (Å²) in [6, 6.07) is 48.0. The van der Waals surface area contributed by atoms with Gasteiger partial charge in [0.25, 0.3) is 0 Å². The smallest absolute Gasteiger partial charge is 0.235 e. The van der Waals surface area contributed by atoms with Gasteiger partial charge in [-0.25, -0.2) is 9.97 Å². The van der Waals surface area contributed by atoms with E-state index >= 15 is 0 Å². The summed E-state index contributed by atoms with van der Waals surface area (Å²) in [6.45, 7) is 0. The summed E-state index contributed by atoms with van der Waals surface area (Å²) < 4.78 is 6.40. The van der Waals surface area contributed by atoms with Crippen LogP contribution in [0.3, 0.4) is 0 Å². The molecule has 0 radical (unpaired) electrons. The molecular formula is C44H25N5O2. The third-order valence-corrected chi connectivity index (χ3v) is 10.2. The van der Waals surface area contributed by atoms with Crippen LogP contribution in [-0.4, -0.2) is 23.5 Å². The van der Waals surface area contributed by atoms with Crippen molar-refractivity contribution in [3.8, 4) is 11.4 Å². The molecule has 0 saturated heterocycles. The molecule has 7 heteroatoms. The Morgan fingerprint density at radius 3 is 1.63 bits per heavy atom. The van der Waals surface area contributed by atoms with Gasteiger partial charge < -0.3 is 9.13 Å². The number of benzene rings is 7. The van der Waals surface area contributed by atoms with Crippen LogP contribution in [-0.2, 0) is 0 Å². The van der Waals surface area contributed by atoms with Crippen LogP contribution in [0.2, 0.25) is 0 Å². The third-order valence-electron chi connectivity index (χ3n) is 10.2. The van der Waals surface area contributed by atoms with E-state index < -0.39 is 0 Å². The summed E-state index contributed by atoms with van der Waals surface area (Å²) in [4.78, 5) is 37.7. The molecule has 4 aromatic heterocycles. The fourth-order valence-corrected chi connectivity index (χ4v) is 7.96. The van der Waals surface area contributed by atoms with Crippen molar-refractivity contribution in [2.45, 2.75) is 0 Å². The van der Waals surface area contributed by atoms with Crippen molar-refractivity contribution in [3.63, 3.8) is 0 Å². The topological polar surface area (TPSA) is 74.2 Å². The monoisotopic (exact) mass is 655 g/mol. The van der Waals surface area contributed by atoms with Gasteiger partial charge in [0.1, 0.15) is 0 Å². The number of aromatic nitrogens is 5. The molecule has 0 saturated carbocycles. The molecule has 0 amide bonds. The van der Waals surface area contributed by atoms with Crippen molar-refractivity contribution in [2.24, 2.45) is 0 Å². The zero-order valence-corrected chi connectivity index (χ0v) is 27.0. The predicted octanol–water partition coefficient (Wildman–Crippen LogP) is 9.10. The fourth-order valence-electron chi connectivity index (χ4n) is 7.96. The Labute approximate surface area is 288 Å². The normalized spacial score (nSPS) is 12.1. The summed E-state index contributed by atoms with van der Waals surface area (Å²) in [5, 5.41) is 5.44. The fraction of sp³-hybridized carbons (Fsp3) is 0. The lowest BCUT2D eigenvalue weighted by molar-refractivity contribution is 1.16. The van der Waals surface area contributed by atoms with Crippen LogP contribution in [0.25, 0.3) is 93.5 Å². The molecule has 0 fully saturated rings. The zero-order valence-electron chi connectivity index (χ0n) is 27.0. The van der Waals surface area contributed by atoms with Crippen molar-refractivity contribution in [2.75, 3.05) is 0 Å². The highest BCUT2D eigenvalue weighted by Crippen LogP contribution is 2.34. The first-order valence-electron chi connectivity index (χ1n) is 16.8. The molecule has 0 aliphatic rings. The maximum absolute atomic E-state index is 13.9. The van der Waals surface area contributed by atoms with Crippen LogP contribution in [0.1, 0.15) is 0 Å². The van der Waals surface area contributed by atoms with Gasteiger partial charge in [-0.15, -0.1) is 0 Å². The van der Waals surface area contributed by atoms with E-state index in [2.05, 4.69) is 62.1 Å². The molecular weight excluding hydrogens is 631 g/mol. The van der Waals surface area contributed by atoms with Crippen molar-refractivity contribution in [3.05, 3.63) is 172 Å². The Bertz CT molecular complexity index is 3400. The summed E-state index contributed by atoms with van der Waals surface area (Å²) >= 11 is 0. The molecule has 0 spiro atoms. The SMILES string of the molecule is O=c1c2ccccc2n(-c2ccccc2)c2cc3c(ccc4c3cnc3nc5cc6c(=O)c7ccccc7n(-c7ccccc7)c6cc5n34)cc12. The average Bonchev–Trinajstić information content (AvgIpc) is 3.56. The minimum absolute atomic E-state index is 0.00724. The Kier molecular flexibility index (Phi) is 5.56. The second kappa shape index (κ2) is 10.2. The lowest BCUT2D eigenvalue weighted by Crippen LogP contribution is -2.10. The van der Waals surface area contributed by atoms with Crippen molar-refractivity contribution in [1.82, 2.24) is 23.5 Å². The minimum Gasteiger partial charge on any atom is -0.309 e. The molecule has 0 unspecified atom stereocenters. The molecule has 51 heavy (non-hydrogen) atoms. The summed E-state index contributed by atoms with van der Waals surface area (Å²) in [5.41, 5.74) is 7.70. The van der Waals surface area contributed by atoms with Crippen LogP contribution < -0.4 is 10.9 Å². The Hall–Kier alpha value is -7.12. The zero-order chi connectivity index (χ0) is 33.8. The number of nitrogens with zero attached hydrogens (tertiary/aromatic N) is 5. The molecule has 0 aliphatic carbocycles. The van der Waals surface area contributed by atoms with Gasteiger partial charge in [-0.3, -0.25) is 14.0 Å². The lowest BCUT2D eigenvalue weighted by Gasteiger charge is -2.17. The third kappa shape index (κ3) is 3.82. The highest BCUT2D eigenvalue weighted by molar-refractivity contribution is 6.13. The first-order valence-corrected chi connectivity index (χ1v) is 16.8. The number of fused-ring (bicyclic) bond motifs is 11. The van der Waals surface area contributed by atoms with E-state index in [1.165, 1.54) is 0 Å². The number of hydrogen-bond acceptors (Lipinski definition) is 4. The van der Waals surface area contributed by atoms with Crippen LogP contribution >= 0.6 is 0 Å². The molecule has 0 N–H and O–H groups in total. The number of rotatable bonds is 2. The first-order chi connectivity index (χ1) is 25.1. The predicted molar refractivity (Wildman–Crippen MR) is 207 cm³/mol. The molecule has 0 atom stereocenters. The van der Waals surface area contributed by atoms with Crippen LogP contribution in [0.15, 0.2) is 161 Å². The Morgan fingerprint density at radius 2 is 0.980 bits per heavy atom. The van der Waals surface area contributed by atoms with Crippen LogP contribution in [0.5, 0.6) is 0 Å². The molecule has 7 aromatic carbocycles. The van der Waals surface area contributed by atoms with E-state index in [-0.39, 0.29) is 10.9 Å².